The molecule has 0 bridgehead atoms. The number of anilines is 2. The second-order valence-corrected chi connectivity index (χ2v) is 10.2. The van der Waals surface area contributed by atoms with Crippen molar-refractivity contribution in [2.45, 2.75) is 32.8 Å². The molecule has 31 heavy (non-hydrogen) atoms. The Morgan fingerprint density at radius 1 is 1.10 bits per heavy atom. The van der Waals surface area contributed by atoms with Crippen LogP contribution in [0.15, 0.2) is 42.5 Å². The normalized spacial score (nSPS) is 15.5. The van der Waals surface area contributed by atoms with E-state index in [-0.39, 0.29) is 12.6 Å². The number of sulfonamides is 1. The molecule has 7 nitrogen and oxygen atoms in total. The Balaban J connectivity index is 1.63. The zero-order valence-electron chi connectivity index (χ0n) is 18.6. The number of carbonyl (C=O) groups excluding carboxylic acids is 1. The molecule has 0 aliphatic carbocycles. The lowest BCUT2D eigenvalue weighted by Crippen LogP contribution is -2.37. The number of nitrogens with one attached hydrogen (secondary N) is 1. The summed E-state index contributed by atoms with van der Waals surface area (Å²) >= 11 is 0. The highest BCUT2D eigenvalue weighted by Crippen LogP contribution is 2.23. The third kappa shape index (κ3) is 6.70. The van der Waals surface area contributed by atoms with E-state index in [9.17, 15) is 13.2 Å². The van der Waals surface area contributed by atoms with E-state index in [0.29, 0.717) is 11.4 Å². The monoisotopic (exact) mass is 445 g/mol. The number of amides is 1. The molecule has 0 saturated carbocycles. The minimum atomic E-state index is -3.62. The average molecular weight is 446 g/mol. The van der Waals surface area contributed by atoms with Gasteiger partial charge in [-0.1, -0.05) is 6.07 Å². The molecule has 0 atom stereocenters. The lowest BCUT2D eigenvalue weighted by Gasteiger charge is -2.29. The van der Waals surface area contributed by atoms with E-state index in [2.05, 4.69) is 17.3 Å². The van der Waals surface area contributed by atoms with Gasteiger partial charge in [-0.15, -0.1) is 0 Å². The average Bonchev–Trinajstić information content (AvgIpc) is 2.68. The van der Waals surface area contributed by atoms with E-state index in [0.717, 1.165) is 53.4 Å². The van der Waals surface area contributed by atoms with E-state index in [4.69, 9.17) is 4.74 Å². The molecule has 1 fully saturated rings. The van der Waals surface area contributed by atoms with Crippen LogP contribution >= 0.6 is 0 Å². The Morgan fingerprint density at radius 3 is 2.23 bits per heavy atom. The predicted octanol–water partition coefficient (Wildman–Crippen LogP) is 3.18. The van der Waals surface area contributed by atoms with Crippen LogP contribution in [0.2, 0.25) is 0 Å². The van der Waals surface area contributed by atoms with Crippen molar-refractivity contribution < 1.29 is 17.9 Å². The zero-order valence-corrected chi connectivity index (χ0v) is 19.4. The third-order valence-corrected chi connectivity index (χ3v) is 6.43. The maximum atomic E-state index is 12.6. The molecule has 1 aliphatic heterocycles. The van der Waals surface area contributed by atoms with Gasteiger partial charge in [0.1, 0.15) is 18.4 Å². The first-order chi connectivity index (χ1) is 14.6. The standard InChI is InChI=1S/C23H31N3O4S/c1-17-13-18(2)15-20(14-17)26(31(4,28)29)16-23(27)24-19-5-7-21(8-6-19)30-22-9-11-25(3)12-10-22/h5-8,13-15,22H,9-12,16H2,1-4H3,(H,24,27). The Hall–Kier alpha value is -2.58. The summed E-state index contributed by atoms with van der Waals surface area (Å²) in [5, 5.41) is 2.77. The van der Waals surface area contributed by atoms with E-state index < -0.39 is 15.9 Å². The van der Waals surface area contributed by atoms with Crippen molar-refractivity contribution in [1.82, 2.24) is 4.90 Å². The zero-order chi connectivity index (χ0) is 22.6. The van der Waals surface area contributed by atoms with Gasteiger partial charge in [-0.25, -0.2) is 8.42 Å². The molecule has 1 heterocycles. The van der Waals surface area contributed by atoms with Gasteiger partial charge in [0, 0.05) is 18.8 Å². The summed E-state index contributed by atoms with van der Waals surface area (Å²) in [6.07, 6.45) is 3.30. The number of ether oxygens (including phenoxy) is 1. The van der Waals surface area contributed by atoms with Crippen LogP contribution in [-0.4, -0.2) is 58.3 Å². The van der Waals surface area contributed by atoms with Crippen molar-refractivity contribution in [2.75, 3.05) is 42.6 Å². The van der Waals surface area contributed by atoms with Crippen LogP contribution in [0.1, 0.15) is 24.0 Å². The van der Waals surface area contributed by atoms with Crippen LogP contribution in [-0.2, 0) is 14.8 Å². The van der Waals surface area contributed by atoms with Gasteiger partial charge in [0.05, 0.1) is 11.9 Å². The van der Waals surface area contributed by atoms with Gasteiger partial charge in [0.2, 0.25) is 15.9 Å². The number of nitrogens with zero attached hydrogens (tertiary/aromatic N) is 2. The lowest BCUT2D eigenvalue weighted by molar-refractivity contribution is -0.114. The topological polar surface area (TPSA) is 79.0 Å². The minimum Gasteiger partial charge on any atom is -0.490 e. The summed E-state index contributed by atoms with van der Waals surface area (Å²) in [5.74, 6) is 0.356. The number of benzene rings is 2. The molecule has 1 aliphatic rings. The van der Waals surface area contributed by atoms with Crippen LogP contribution in [0.5, 0.6) is 5.75 Å². The summed E-state index contributed by atoms with van der Waals surface area (Å²) in [6, 6.07) is 12.7. The molecule has 168 valence electrons. The quantitative estimate of drug-likeness (QED) is 0.708. The van der Waals surface area contributed by atoms with Crippen molar-refractivity contribution >= 4 is 27.3 Å². The summed E-state index contributed by atoms with van der Waals surface area (Å²) in [6.45, 7) is 5.54. The van der Waals surface area contributed by atoms with Crippen LogP contribution in [0, 0.1) is 13.8 Å². The van der Waals surface area contributed by atoms with Crippen LogP contribution in [0.4, 0.5) is 11.4 Å². The first-order valence-electron chi connectivity index (χ1n) is 10.4. The molecule has 0 radical (unpaired) electrons. The number of carbonyl (C=O) groups is 1. The molecule has 0 aromatic heterocycles. The smallest absolute Gasteiger partial charge is 0.245 e. The van der Waals surface area contributed by atoms with Crippen molar-refractivity contribution in [3.05, 3.63) is 53.6 Å². The number of piperidine rings is 1. The first kappa shape index (κ1) is 23.1. The van der Waals surface area contributed by atoms with Gasteiger partial charge in [0.25, 0.3) is 0 Å². The lowest BCUT2D eigenvalue weighted by atomic mass is 10.1. The fourth-order valence-electron chi connectivity index (χ4n) is 3.74. The van der Waals surface area contributed by atoms with Crippen molar-refractivity contribution in [3.8, 4) is 5.75 Å². The number of rotatable bonds is 7. The minimum absolute atomic E-state index is 0.206. The fourth-order valence-corrected chi connectivity index (χ4v) is 4.58. The molecule has 0 unspecified atom stereocenters. The Bertz CT molecular complexity index is 993. The number of hydrogen-bond donors (Lipinski definition) is 1. The van der Waals surface area contributed by atoms with Crippen molar-refractivity contribution in [2.24, 2.45) is 0 Å². The number of aryl methyl sites for hydroxylation is 2. The maximum Gasteiger partial charge on any atom is 0.245 e. The van der Waals surface area contributed by atoms with Crippen LogP contribution in [0.25, 0.3) is 0 Å². The van der Waals surface area contributed by atoms with Gasteiger partial charge < -0.3 is 15.0 Å². The number of hydrogen-bond acceptors (Lipinski definition) is 5. The first-order valence-corrected chi connectivity index (χ1v) is 12.3. The molecule has 3 rings (SSSR count). The van der Waals surface area contributed by atoms with E-state index in [1.54, 1.807) is 24.3 Å². The summed E-state index contributed by atoms with van der Waals surface area (Å²) in [4.78, 5) is 14.9. The van der Waals surface area contributed by atoms with Crippen LogP contribution < -0.4 is 14.4 Å². The number of likely N-dealkylation sites (tertiary alicyclic amines) is 1. The van der Waals surface area contributed by atoms with Crippen molar-refractivity contribution in [3.63, 3.8) is 0 Å². The summed E-state index contributed by atoms with van der Waals surface area (Å²) < 4.78 is 31.8. The molecule has 1 amide bonds. The molecule has 1 saturated heterocycles. The molecular formula is C23H31N3O4S. The molecule has 2 aromatic rings. The highest BCUT2D eigenvalue weighted by molar-refractivity contribution is 7.92. The highest BCUT2D eigenvalue weighted by atomic mass is 32.2. The second kappa shape index (κ2) is 9.70. The summed E-state index contributed by atoms with van der Waals surface area (Å²) in [5.41, 5.74) is 2.94. The molecule has 8 heteroatoms. The third-order valence-electron chi connectivity index (χ3n) is 5.29. The Kier molecular flexibility index (Phi) is 7.23. The van der Waals surface area contributed by atoms with Gasteiger partial charge in [-0.05, 0) is 81.3 Å². The van der Waals surface area contributed by atoms with E-state index in [1.165, 1.54) is 0 Å². The van der Waals surface area contributed by atoms with Gasteiger partial charge in [-0.3, -0.25) is 9.10 Å². The molecule has 1 N–H and O–H groups in total. The molecular weight excluding hydrogens is 414 g/mol. The van der Waals surface area contributed by atoms with E-state index in [1.807, 2.05) is 32.0 Å². The Labute approximate surface area is 185 Å². The van der Waals surface area contributed by atoms with Crippen LogP contribution in [0.3, 0.4) is 0 Å². The predicted molar refractivity (Wildman–Crippen MR) is 124 cm³/mol. The fraction of sp³-hybridized carbons (Fsp3) is 0.435. The molecule has 0 spiro atoms. The van der Waals surface area contributed by atoms with Gasteiger partial charge >= 0.3 is 0 Å². The van der Waals surface area contributed by atoms with E-state index >= 15 is 0 Å². The van der Waals surface area contributed by atoms with Crippen molar-refractivity contribution in [1.29, 1.82) is 0 Å². The highest BCUT2D eigenvalue weighted by Gasteiger charge is 2.22. The molecule has 2 aromatic carbocycles. The van der Waals surface area contributed by atoms with Gasteiger partial charge in [0.15, 0.2) is 0 Å². The SMILES string of the molecule is Cc1cc(C)cc(N(CC(=O)Nc2ccc(OC3CCN(C)CC3)cc2)S(C)(=O)=O)c1. The second-order valence-electron chi connectivity index (χ2n) is 8.31. The maximum absolute atomic E-state index is 12.6. The largest absolute Gasteiger partial charge is 0.490 e. The van der Waals surface area contributed by atoms with Gasteiger partial charge in [-0.2, -0.15) is 0 Å². The Morgan fingerprint density at radius 2 is 1.68 bits per heavy atom. The summed E-state index contributed by atoms with van der Waals surface area (Å²) in [7, 11) is -1.51.